The maximum Gasteiger partial charge on any atom is 0.242 e. The summed E-state index contributed by atoms with van der Waals surface area (Å²) in [6.45, 7) is 6.32. The van der Waals surface area contributed by atoms with Gasteiger partial charge in [-0.15, -0.1) is 0 Å². The summed E-state index contributed by atoms with van der Waals surface area (Å²) in [6, 6.07) is 6.93. The first-order valence-electron chi connectivity index (χ1n) is 8.01. The lowest BCUT2D eigenvalue weighted by atomic mass is 10.2. The first-order chi connectivity index (χ1) is 10.8. The van der Waals surface area contributed by atoms with Crippen molar-refractivity contribution in [1.29, 1.82) is 0 Å². The van der Waals surface area contributed by atoms with Gasteiger partial charge in [-0.25, -0.2) is 8.42 Å². The predicted molar refractivity (Wildman–Crippen MR) is 93.2 cm³/mol. The second-order valence-electron chi connectivity index (χ2n) is 5.97. The van der Waals surface area contributed by atoms with Gasteiger partial charge >= 0.3 is 0 Å². The van der Waals surface area contributed by atoms with Crippen LogP contribution >= 0.6 is 0 Å². The van der Waals surface area contributed by atoms with Crippen LogP contribution in [0.3, 0.4) is 0 Å². The summed E-state index contributed by atoms with van der Waals surface area (Å²) in [5.74, 6) is 0.158. The Balaban J connectivity index is 1.99. The second kappa shape index (κ2) is 7.21. The van der Waals surface area contributed by atoms with E-state index >= 15 is 0 Å². The lowest BCUT2D eigenvalue weighted by molar-refractivity contribution is -0.122. The highest BCUT2D eigenvalue weighted by Gasteiger charge is 2.28. The van der Waals surface area contributed by atoms with Gasteiger partial charge in [0.05, 0.1) is 11.4 Å². The Labute approximate surface area is 138 Å². The van der Waals surface area contributed by atoms with Crippen LogP contribution in [0.2, 0.25) is 0 Å². The number of rotatable bonds is 6. The van der Waals surface area contributed by atoms with Crippen molar-refractivity contribution >= 4 is 27.3 Å². The molecule has 0 saturated carbocycles. The van der Waals surface area contributed by atoms with Gasteiger partial charge in [0.25, 0.3) is 0 Å². The molecule has 1 saturated heterocycles. The van der Waals surface area contributed by atoms with E-state index in [4.69, 9.17) is 0 Å². The fourth-order valence-corrected chi connectivity index (χ4v) is 4.00. The van der Waals surface area contributed by atoms with Gasteiger partial charge < -0.3 is 10.6 Å². The molecule has 1 aliphatic rings. The van der Waals surface area contributed by atoms with Crippen molar-refractivity contribution in [2.24, 2.45) is 0 Å². The minimum atomic E-state index is -3.16. The Morgan fingerprint density at radius 1 is 1.26 bits per heavy atom. The minimum absolute atomic E-state index is 0.0504. The molecule has 0 aromatic heterocycles. The number of anilines is 2. The van der Waals surface area contributed by atoms with Crippen LogP contribution < -0.4 is 14.9 Å². The number of carbonyl (C=O) groups excluding carboxylic acids is 1. The van der Waals surface area contributed by atoms with E-state index in [9.17, 15) is 13.2 Å². The number of amides is 1. The van der Waals surface area contributed by atoms with Crippen LogP contribution in [0.25, 0.3) is 0 Å². The first-order valence-corrected chi connectivity index (χ1v) is 9.62. The normalized spacial score (nSPS) is 19.2. The third kappa shape index (κ3) is 4.37. The van der Waals surface area contributed by atoms with Crippen LogP contribution in [0.4, 0.5) is 11.4 Å². The summed E-state index contributed by atoms with van der Waals surface area (Å²) in [6.07, 6.45) is 1.55. The molecule has 0 radical (unpaired) electrons. The van der Waals surface area contributed by atoms with Crippen LogP contribution in [-0.4, -0.2) is 38.7 Å². The first kappa shape index (κ1) is 17.6. The summed E-state index contributed by atoms with van der Waals surface area (Å²) in [5.41, 5.74) is 1.46. The average Bonchev–Trinajstić information content (AvgIpc) is 2.87. The fraction of sp³-hybridized carbons (Fsp3) is 0.562. The van der Waals surface area contributed by atoms with Crippen molar-refractivity contribution in [3.63, 3.8) is 0 Å². The monoisotopic (exact) mass is 339 g/mol. The molecule has 1 aromatic carbocycles. The predicted octanol–water partition coefficient (Wildman–Crippen LogP) is 1.94. The number of carbonyl (C=O) groups is 1. The maximum atomic E-state index is 12.0. The molecular formula is C16H25N3O3S. The summed E-state index contributed by atoms with van der Waals surface area (Å²) < 4.78 is 25.2. The molecule has 7 heteroatoms. The number of sulfonamides is 1. The van der Waals surface area contributed by atoms with Gasteiger partial charge in [-0.1, -0.05) is 6.92 Å². The van der Waals surface area contributed by atoms with Crippen LogP contribution in [0.15, 0.2) is 24.3 Å². The van der Waals surface area contributed by atoms with Gasteiger partial charge in [-0.3, -0.25) is 9.10 Å². The number of hydrogen-bond donors (Lipinski definition) is 2. The molecule has 23 heavy (non-hydrogen) atoms. The maximum absolute atomic E-state index is 12.0. The van der Waals surface area contributed by atoms with Crippen molar-refractivity contribution in [3.8, 4) is 0 Å². The lowest BCUT2D eigenvalue weighted by Crippen LogP contribution is -2.41. The molecule has 1 fully saturated rings. The molecule has 1 aromatic rings. The van der Waals surface area contributed by atoms with E-state index in [0.29, 0.717) is 18.7 Å². The summed E-state index contributed by atoms with van der Waals surface area (Å²) in [7, 11) is -3.16. The van der Waals surface area contributed by atoms with Gasteiger partial charge in [-0.2, -0.15) is 0 Å². The molecule has 128 valence electrons. The van der Waals surface area contributed by atoms with Crippen molar-refractivity contribution in [2.75, 3.05) is 21.9 Å². The van der Waals surface area contributed by atoms with Crippen molar-refractivity contribution < 1.29 is 13.2 Å². The van der Waals surface area contributed by atoms with Crippen LogP contribution in [0, 0.1) is 0 Å². The van der Waals surface area contributed by atoms with Crippen LogP contribution in [-0.2, 0) is 14.8 Å². The van der Waals surface area contributed by atoms with E-state index in [1.54, 1.807) is 31.2 Å². The van der Waals surface area contributed by atoms with Gasteiger partial charge in [0.2, 0.25) is 15.9 Å². The van der Waals surface area contributed by atoms with E-state index < -0.39 is 10.0 Å². The molecule has 2 rings (SSSR count). The molecule has 2 atom stereocenters. The van der Waals surface area contributed by atoms with E-state index in [1.165, 1.54) is 4.31 Å². The Morgan fingerprint density at radius 3 is 2.43 bits per heavy atom. The van der Waals surface area contributed by atoms with Crippen LogP contribution in [0.5, 0.6) is 0 Å². The second-order valence-corrected chi connectivity index (χ2v) is 7.99. The molecule has 0 spiro atoms. The average molecular weight is 339 g/mol. The Morgan fingerprint density at radius 2 is 1.91 bits per heavy atom. The minimum Gasteiger partial charge on any atom is -0.374 e. The SMILES string of the molecule is CC[C@H](C)NC(=O)[C@@H](C)Nc1ccc(N2CCCS2(=O)=O)cc1. The van der Waals surface area contributed by atoms with Crippen molar-refractivity contribution in [1.82, 2.24) is 5.32 Å². The quantitative estimate of drug-likeness (QED) is 0.830. The van der Waals surface area contributed by atoms with Crippen LogP contribution in [0.1, 0.15) is 33.6 Å². The molecule has 1 amide bonds. The fourth-order valence-electron chi connectivity index (χ4n) is 2.44. The van der Waals surface area contributed by atoms with E-state index in [-0.39, 0.29) is 23.7 Å². The Bertz CT molecular complexity index is 643. The molecule has 0 aliphatic carbocycles. The zero-order chi connectivity index (χ0) is 17.0. The number of nitrogens with zero attached hydrogens (tertiary/aromatic N) is 1. The highest BCUT2D eigenvalue weighted by atomic mass is 32.2. The number of benzene rings is 1. The van der Waals surface area contributed by atoms with Crippen molar-refractivity contribution in [2.45, 2.75) is 45.7 Å². The molecule has 1 aliphatic heterocycles. The third-order valence-corrected chi connectivity index (χ3v) is 5.90. The zero-order valence-corrected chi connectivity index (χ0v) is 14.7. The third-order valence-electron chi connectivity index (χ3n) is 4.03. The molecule has 1 heterocycles. The van der Waals surface area contributed by atoms with Gasteiger partial charge in [0.1, 0.15) is 6.04 Å². The van der Waals surface area contributed by atoms with Gasteiger partial charge in [-0.05, 0) is 51.0 Å². The molecular weight excluding hydrogens is 314 g/mol. The molecule has 0 unspecified atom stereocenters. The number of hydrogen-bond acceptors (Lipinski definition) is 4. The summed E-state index contributed by atoms with van der Waals surface area (Å²) in [5, 5.41) is 6.06. The summed E-state index contributed by atoms with van der Waals surface area (Å²) >= 11 is 0. The van der Waals surface area contributed by atoms with E-state index in [0.717, 1.165) is 12.1 Å². The zero-order valence-electron chi connectivity index (χ0n) is 13.9. The lowest BCUT2D eigenvalue weighted by Gasteiger charge is -2.20. The standard InChI is InChI=1S/C16H25N3O3S/c1-4-12(2)17-16(20)13(3)18-14-6-8-15(9-7-14)19-10-5-11-23(19,21)22/h6-9,12-13,18H,4-5,10-11H2,1-3H3,(H,17,20)/t12-,13+/m0/s1. The highest BCUT2D eigenvalue weighted by Crippen LogP contribution is 2.25. The highest BCUT2D eigenvalue weighted by molar-refractivity contribution is 7.93. The van der Waals surface area contributed by atoms with Crippen molar-refractivity contribution in [3.05, 3.63) is 24.3 Å². The van der Waals surface area contributed by atoms with E-state index in [2.05, 4.69) is 10.6 Å². The molecule has 2 N–H and O–H groups in total. The topological polar surface area (TPSA) is 78.5 Å². The van der Waals surface area contributed by atoms with Gasteiger partial charge in [0, 0.05) is 18.3 Å². The largest absolute Gasteiger partial charge is 0.374 e. The Hall–Kier alpha value is -1.76. The smallest absolute Gasteiger partial charge is 0.242 e. The Kier molecular flexibility index (Phi) is 5.51. The summed E-state index contributed by atoms with van der Waals surface area (Å²) in [4.78, 5) is 12.0. The molecule has 0 bridgehead atoms. The number of nitrogens with one attached hydrogen (secondary N) is 2. The molecule has 6 nitrogen and oxygen atoms in total. The van der Waals surface area contributed by atoms with E-state index in [1.807, 2.05) is 13.8 Å². The van der Waals surface area contributed by atoms with Gasteiger partial charge in [0.15, 0.2) is 0 Å².